The van der Waals surface area contributed by atoms with Crippen LogP contribution >= 0.6 is 0 Å². The summed E-state index contributed by atoms with van der Waals surface area (Å²) in [7, 11) is 0. The zero-order chi connectivity index (χ0) is 44.6. The summed E-state index contributed by atoms with van der Waals surface area (Å²) < 4.78 is 10.4. The van der Waals surface area contributed by atoms with E-state index in [1.165, 1.54) is 11.1 Å². The first-order chi connectivity index (χ1) is 30.8. The van der Waals surface area contributed by atoms with Crippen molar-refractivity contribution < 1.29 is 24.5 Å². The van der Waals surface area contributed by atoms with E-state index in [0.717, 1.165) is 84.5 Å². The Hall–Kier alpha value is -5.92. The molecule has 10 rings (SSSR count). The fourth-order valence-electron chi connectivity index (χ4n) is 8.52. The van der Waals surface area contributed by atoms with Crippen molar-refractivity contribution in [3.63, 3.8) is 0 Å². The molecule has 0 atom stereocenters. The number of aromatic nitrogens is 4. The normalized spacial score (nSPS) is 11.8. The van der Waals surface area contributed by atoms with Gasteiger partial charge in [-0.2, -0.15) is 0 Å². The molecule has 6 aromatic carbocycles. The summed E-state index contributed by atoms with van der Waals surface area (Å²) in [5.74, 6) is 8.77. The molecule has 1 radical (unpaired) electrons. The Kier molecular flexibility index (Phi) is 13.3. The average molecular weight is 1090 g/mol. The van der Waals surface area contributed by atoms with Gasteiger partial charge in [0.2, 0.25) is 5.71 Å². The number of pyridine rings is 2. The second-order valence-corrected chi connectivity index (χ2v) is 29.6. The van der Waals surface area contributed by atoms with Gasteiger partial charge in [-0.15, -0.1) is 18.2 Å². The molecule has 0 bridgehead atoms. The van der Waals surface area contributed by atoms with Gasteiger partial charge in [0, 0.05) is 42.3 Å². The van der Waals surface area contributed by atoms with Gasteiger partial charge in [0.25, 0.3) is 0 Å². The zero-order valence-electron chi connectivity index (χ0n) is 38.4. The molecule has 0 unspecified atom stereocenters. The summed E-state index contributed by atoms with van der Waals surface area (Å²) >= 11 is -1.86. The van der Waals surface area contributed by atoms with Crippen molar-refractivity contribution in [3.05, 3.63) is 187 Å². The van der Waals surface area contributed by atoms with Gasteiger partial charge in [-0.25, -0.2) is 4.98 Å². The van der Waals surface area contributed by atoms with Crippen LogP contribution in [-0.2, 0) is 31.9 Å². The first kappa shape index (κ1) is 45.6. The van der Waals surface area contributed by atoms with Crippen molar-refractivity contribution in [2.45, 2.75) is 63.7 Å². The second-order valence-electron chi connectivity index (χ2n) is 19.1. The summed E-state index contributed by atoms with van der Waals surface area (Å²) in [6, 6.07) is 61.2. The number of para-hydroxylation sites is 2. The third-order valence-electron chi connectivity index (χ3n) is 11.8. The molecule has 0 amide bonds. The Morgan fingerprint density at radius 1 is 0.677 bits per heavy atom. The minimum absolute atomic E-state index is 0. The fourth-order valence-corrected chi connectivity index (χ4v) is 11.9. The first-order valence-electron chi connectivity index (χ1n) is 22.3. The number of fused-ring (bicyclic) bond motifs is 4. The molecule has 0 spiro atoms. The predicted molar refractivity (Wildman–Crippen MR) is 270 cm³/mol. The van der Waals surface area contributed by atoms with Crippen molar-refractivity contribution in [1.82, 2.24) is 19.5 Å². The second kappa shape index (κ2) is 18.9. The number of imidazole rings is 1. The molecular formula is C58H54GeIrN4O-2. The summed E-state index contributed by atoms with van der Waals surface area (Å²) in [6.07, 6.45) is 3.27. The Balaban J connectivity index is 0.000000232. The van der Waals surface area contributed by atoms with Gasteiger partial charge in [0.15, 0.2) is 0 Å². The fraction of sp³-hybridized carbons (Fsp3) is 0.190. The molecule has 4 heterocycles. The maximum Gasteiger partial charge on any atom is 0 e. The molecule has 0 aliphatic rings. The Bertz CT molecular complexity index is 3230. The largest absolute Gasteiger partial charge is 0 e. The SMILES string of the molecule is CC(C)(C)c1ccc(-n2c(-c3[c-]ccc4c3oc3nc(-c5ccccc5)ccc34)nc3ccccc32)c(-c2ccccc2)c1.CC(C)Cc1cc(-c2[c-]cccc2)nc[c]1[Ge]([CH3])([CH3])[CH3].[Ir]. The van der Waals surface area contributed by atoms with E-state index in [4.69, 9.17) is 19.4 Å². The summed E-state index contributed by atoms with van der Waals surface area (Å²) in [4.78, 5) is 14.8. The molecule has 0 saturated carbocycles. The molecule has 0 N–H and O–H groups in total. The maximum absolute atomic E-state index is 6.57. The number of furan rings is 1. The van der Waals surface area contributed by atoms with Gasteiger partial charge < -0.3 is 8.98 Å². The van der Waals surface area contributed by atoms with Crippen molar-refractivity contribution in [2.75, 3.05) is 0 Å². The molecule has 5 nitrogen and oxygen atoms in total. The van der Waals surface area contributed by atoms with E-state index in [0.29, 0.717) is 11.6 Å². The monoisotopic (exact) mass is 1090 g/mol. The van der Waals surface area contributed by atoms with Crippen LogP contribution in [0, 0.1) is 18.1 Å². The zero-order valence-corrected chi connectivity index (χ0v) is 42.9. The average Bonchev–Trinajstić information content (AvgIpc) is 3.87. The molecule has 0 aliphatic carbocycles. The summed E-state index contributed by atoms with van der Waals surface area (Å²) in [5, 5.41) is 1.96. The van der Waals surface area contributed by atoms with Crippen molar-refractivity contribution >= 4 is 50.8 Å². The van der Waals surface area contributed by atoms with Crippen molar-refractivity contribution in [2.24, 2.45) is 5.92 Å². The van der Waals surface area contributed by atoms with E-state index in [9.17, 15) is 0 Å². The molecule has 7 heteroatoms. The third-order valence-corrected chi connectivity index (χ3v) is 16.1. The van der Waals surface area contributed by atoms with E-state index in [-0.39, 0.29) is 25.5 Å². The van der Waals surface area contributed by atoms with E-state index in [1.807, 2.05) is 48.5 Å². The van der Waals surface area contributed by atoms with Crippen LogP contribution in [0.4, 0.5) is 0 Å². The molecule has 0 fully saturated rings. The Morgan fingerprint density at radius 3 is 2.08 bits per heavy atom. The van der Waals surface area contributed by atoms with Crippen LogP contribution in [0.1, 0.15) is 45.7 Å². The van der Waals surface area contributed by atoms with Crippen molar-refractivity contribution in [1.29, 1.82) is 0 Å². The molecule has 65 heavy (non-hydrogen) atoms. The quantitative estimate of drug-likeness (QED) is 0.112. The number of rotatable bonds is 8. The van der Waals surface area contributed by atoms with Gasteiger partial charge in [-0.05, 0) is 52.9 Å². The molecule has 10 aromatic rings. The molecule has 4 aromatic heterocycles. The minimum Gasteiger partial charge on any atom is 0 e. The molecule has 0 saturated heterocycles. The van der Waals surface area contributed by atoms with Crippen LogP contribution in [-0.4, -0.2) is 32.8 Å². The van der Waals surface area contributed by atoms with Crippen LogP contribution in [0.2, 0.25) is 17.3 Å². The predicted octanol–water partition coefficient (Wildman–Crippen LogP) is 14.7. The van der Waals surface area contributed by atoms with E-state index in [1.54, 1.807) is 4.40 Å². The van der Waals surface area contributed by atoms with Gasteiger partial charge in [0.05, 0.1) is 28.1 Å². The van der Waals surface area contributed by atoms with Crippen LogP contribution in [0.25, 0.3) is 83.8 Å². The third kappa shape index (κ3) is 9.58. The van der Waals surface area contributed by atoms with Crippen LogP contribution in [0.5, 0.6) is 0 Å². The van der Waals surface area contributed by atoms with Crippen LogP contribution in [0.3, 0.4) is 0 Å². The number of hydrogen-bond acceptors (Lipinski definition) is 4. The number of hydrogen-bond donors (Lipinski definition) is 0. The minimum atomic E-state index is -1.86. The maximum atomic E-state index is 6.57. The first-order valence-corrected chi connectivity index (χ1v) is 29.6. The summed E-state index contributed by atoms with van der Waals surface area (Å²) in [5.41, 5.74) is 14.3. The van der Waals surface area contributed by atoms with Crippen LogP contribution in [0.15, 0.2) is 168 Å². The summed E-state index contributed by atoms with van der Waals surface area (Å²) in [6.45, 7) is 11.3. The van der Waals surface area contributed by atoms with Gasteiger partial charge in [-0.3, -0.25) is 4.98 Å². The number of benzene rings is 6. The number of nitrogens with zero attached hydrogens (tertiary/aromatic N) is 4. The Morgan fingerprint density at radius 2 is 1.38 bits per heavy atom. The molecule has 0 aliphatic heterocycles. The van der Waals surface area contributed by atoms with Gasteiger partial charge >= 0.3 is 126 Å². The van der Waals surface area contributed by atoms with Crippen LogP contribution < -0.4 is 4.40 Å². The van der Waals surface area contributed by atoms with E-state index in [2.05, 4.69) is 184 Å². The molecule has 327 valence electrons. The van der Waals surface area contributed by atoms with Crippen molar-refractivity contribution in [3.8, 4) is 50.7 Å². The molecular weight excluding hydrogens is 1030 g/mol. The smallest absolute Gasteiger partial charge is 0 e. The van der Waals surface area contributed by atoms with Gasteiger partial charge in [0.1, 0.15) is 0 Å². The standard InChI is InChI=1S/C40H30N3O.C18H24GeN.Ir/c1-40(2,3)28-21-24-35(32(25-28)26-13-6-4-7-14-26)43-36-20-11-10-19-34(36)41-38(43)31-18-12-17-29-30-22-23-33(27-15-8-5-9-16-27)42-39(30)44-37(29)31;1-14(2)11-16-12-18(15-9-7-6-8-10-15)20-13-17(16)19(3,4)5;/h4-17,19-25H,1-3H3;6-9,12-14H,11H2,1-5H3;/q2*-1;. The Labute approximate surface area is 399 Å². The van der Waals surface area contributed by atoms with Gasteiger partial charge in [-0.1, -0.05) is 111 Å². The topological polar surface area (TPSA) is 56.7 Å². The van der Waals surface area contributed by atoms with E-state index < -0.39 is 13.3 Å². The van der Waals surface area contributed by atoms with E-state index >= 15 is 0 Å².